The zero-order valence-corrected chi connectivity index (χ0v) is 15.0. The fourth-order valence-corrected chi connectivity index (χ4v) is 3.44. The minimum atomic E-state index is -0.651. The smallest absolute Gasteiger partial charge is 0.323 e. The highest BCUT2D eigenvalue weighted by atomic mass is 33.1. The Balaban J connectivity index is 3.69. The Labute approximate surface area is 140 Å². The summed E-state index contributed by atoms with van der Waals surface area (Å²) < 4.78 is 10.1. The molecule has 0 bridgehead atoms. The number of carbonyl (C=O) groups is 2. The molecule has 0 aromatic carbocycles. The Morgan fingerprint density at radius 2 is 1.23 bits per heavy atom. The molecule has 130 valence electrons. The number of hydrogen-bond acceptors (Lipinski definition) is 8. The second-order valence-corrected chi connectivity index (χ2v) is 7.38. The van der Waals surface area contributed by atoms with E-state index in [1.165, 1.54) is 21.6 Å². The summed E-state index contributed by atoms with van der Waals surface area (Å²) in [5, 5.41) is 0. The van der Waals surface area contributed by atoms with Gasteiger partial charge in [0.2, 0.25) is 0 Å². The lowest BCUT2D eigenvalue weighted by Gasteiger charge is -2.12. The summed E-state index contributed by atoms with van der Waals surface area (Å²) in [7, 11) is 2.81. The van der Waals surface area contributed by atoms with Crippen molar-refractivity contribution < 1.29 is 19.1 Å². The van der Waals surface area contributed by atoms with Crippen LogP contribution in [0.25, 0.3) is 0 Å². The first-order valence-electron chi connectivity index (χ1n) is 7.61. The van der Waals surface area contributed by atoms with Gasteiger partial charge in [0, 0.05) is 11.5 Å². The fourth-order valence-electron chi connectivity index (χ4n) is 1.23. The maximum Gasteiger partial charge on any atom is 0.323 e. The minimum absolute atomic E-state index is 0.384. The van der Waals surface area contributed by atoms with Crippen molar-refractivity contribution in [2.24, 2.45) is 11.5 Å². The van der Waals surface area contributed by atoms with E-state index in [0.717, 1.165) is 25.7 Å². The van der Waals surface area contributed by atoms with Crippen molar-refractivity contribution in [1.29, 1.82) is 0 Å². The highest BCUT2D eigenvalue weighted by molar-refractivity contribution is 8.76. The molecular weight excluding hydrogens is 324 g/mol. The van der Waals surface area contributed by atoms with Crippen LogP contribution < -0.4 is 11.5 Å². The van der Waals surface area contributed by atoms with Crippen molar-refractivity contribution in [3.8, 4) is 0 Å². The monoisotopic (exact) mass is 352 g/mol. The molecule has 6 nitrogen and oxygen atoms in total. The van der Waals surface area contributed by atoms with Crippen LogP contribution in [0.15, 0.2) is 0 Å². The van der Waals surface area contributed by atoms with E-state index in [0.29, 0.717) is 24.7 Å². The topological polar surface area (TPSA) is 105 Å². The number of nitrogens with two attached hydrogens (primary N) is 2. The van der Waals surface area contributed by atoms with Crippen LogP contribution >= 0.6 is 21.6 Å². The zero-order valence-electron chi connectivity index (χ0n) is 13.4. The van der Waals surface area contributed by atoms with E-state index in [-0.39, 0.29) is 11.9 Å². The molecule has 0 aliphatic rings. The Hall–Kier alpha value is -0.440. The van der Waals surface area contributed by atoms with E-state index in [1.54, 1.807) is 0 Å². The number of carbonyl (C=O) groups excluding carboxylic acids is 2. The van der Waals surface area contributed by atoms with Crippen molar-refractivity contribution in [2.45, 2.75) is 51.6 Å². The van der Waals surface area contributed by atoms with Crippen LogP contribution in [0.2, 0.25) is 0 Å². The van der Waals surface area contributed by atoms with Crippen LogP contribution in [0.3, 0.4) is 0 Å². The molecule has 0 aliphatic heterocycles. The lowest BCUT2D eigenvalue weighted by Crippen LogP contribution is -2.35. The van der Waals surface area contributed by atoms with E-state index < -0.39 is 12.1 Å². The molecule has 0 aromatic heterocycles. The molecule has 4 N–H and O–H groups in total. The summed E-state index contributed by atoms with van der Waals surface area (Å²) in [5.74, 6) is 0.0788. The number of hydrogen-bond donors (Lipinski definition) is 2. The summed E-state index contributed by atoms with van der Waals surface area (Å²) >= 11 is 0. The van der Waals surface area contributed by atoms with E-state index in [4.69, 9.17) is 20.9 Å². The molecule has 0 amide bonds. The predicted molar refractivity (Wildman–Crippen MR) is 92.6 cm³/mol. The molecule has 0 heterocycles. The van der Waals surface area contributed by atoms with Gasteiger partial charge in [-0.05, 0) is 12.8 Å². The van der Waals surface area contributed by atoms with Crippen LogP contribution in [-0.2, 0) is 19.1 Å². The second kappa shape index (κ2) is 14.2. The maximum atomic E-state index is 11.5. The molecule has 0 aromatic rings. The largest absolute Gasteiger partial charge is 0.465 e. The van der Waals surface area contributed by atoms with Gasteiger partial charge in [0.15, 0.2) is 0 Å². The average molecular weight is 353 g/mol. The number of esters is 2. The van der Waals surface area contributed by atoms with E-state index in [2.05, 4.69) is 0 Å². The van der Waals surface area contributed by atoms with E-state index in [9.17, 15) is 9.59 Å². The number of rotatable bonds is 13. The van der Waals surface area contributed by atoms with Crippen LogP contribution in [-0.4, -0.2) is 48.7 Å². The SMILES string of the molecule is CCCCOC(=O)C(N)CSSC[C@H](N)C(=O)OCCCC. The van der Waals surface area contributed by atoms with Crippen molar-refractivity contribution in [3.63, 3.8) is 0 Å². The van der Waals surface area contributed by atoms with Crippen molar-refractivity contribution in [1.82, 2.24) is 0 Å². The van der Waals surface area contributed by atoms with E-state index >= 15 is 0 Å². The maximum absolute atomic E-state index is 11.5. The first-order chi connectivity index (χ1) is 10.5. The summed E-state index contributed by atoms with van der Waals surface area (Å²) in [5.41, 5.74) is 11.5. The van der Waals surface area contributed by atoms with Gasteiger partial charge in [0.25, 0.3) is 0 Å². The molecule has 22 heavy (non-hydrogen) atoms. The van der Waals surface area contributed by atoms with Crippen LogP contribution in [0.1, 0.15) is 39.5 Å². The quantitative estimate of drug-likeness (QED) is 0.293. The molecule has 0 aliphatic carbocycles. The highest BCUT2D eigenvalue weighted by Gasteiger charge is 2.17. The predicted octanol–water partition coefficient (Wildman–Crippen LogP) is 1.71. The Bertz CT molecular complexity index is 289. The summed E-state index contributed by atoms with van der Waals surface area (Å²) in [6.45, 7) is 4.87. The summed E-state index contributed by atoms with van der Waals surface area (Å²) in [6, 6.07) is -1.30. The summed E-state index contributed by atoms with van der Waals surface area (Å²) in [6.07, 6.45) is 3.63. The van der Waals surface area contributed by atoms with Crippen molar-refractivity contribution in [2.75, 3.05) is 24.7 Å². The fraction of sp³-hybridized carbons (Fsp3) is 0.857. The van der Waals surface area contributed by atoms with Crippen LogP contribution in [0.4, 0.5) is 0 Å². The van der Waals surface area contributed by atoms with Gasteiger partial charge < -0.3 is 20.9 Å². The second-order valence-electron chi connectivity index (χ2n) is 4.82. The van der Waals surface area contributed by atoms with Crippen molar-refractivity contribution in [3.05, 3.63) is 0 Å². The molecule has 8 heteroatoms. The van der Waals surface area contributed by atoms with Gasteiger partial charge in [0.1, 0.15) is 12.1 Å². The molecule has 1 unspecified atom stereocenters. The number of ether oxygens (including phenoxy) is 2. The summed E-state index contributed by atoms with van der Waals surface area (Å²) in [4.78, 5) is 23.1. The number of unbranched alkanes of at least 4 members (excludes halogenated alkanes) is 2. The van der Waals surface area contributed by atoms with Crippen molar-refractivity contribution >= 4 is 33.5 Å². The first kappa shape index (κ1) is 21.6. The van der Waals surface area contributed by atoms with Gasteiger partial charge >= 0.3 is 11.9 Å². The third-order valence-corrected chi connectivity index (χ3v) is 5.14. The van der Waals surface area contributed by atoms with Gasteiger partial charge in [-0.1, -0.05) is 48.3 Å². The normalized spacial score (nSPS) is 13.5. The van der Waals surface area contributed by atoms with Gasteiger partial charge in [-0.3, -0.25) is 9.59 Å². The highest BCUT2D eigenvalue weighted by Crippen LogP contribution is 2.22. The Morgan fingerprint density at radius 3 is 1.55 bits per heavy atom. The average Bonchev–Trinajstić information content (AvgIpc) is 2.51. The van der Waals surface area contributed by atoms with Crippen LogP contribution in [0.5, 0.6) is 0 Å². The molecule has 0 fully saturated rings. The molecule has 0 spiro atoms. The lowest BCUT2D eigenvalue weighted by atomic mass is 10.3. The van der Waals surface area contributed by atoms with Gasteiger partial charge in [0.05, 0.1) is 13.2 Å². The van der Waals surface area contributed by atoms with E-state index in [1.807, 2.05) is 13.8 Å². The minimum Gasteiger partial charge on any atom is -0.465 e. The zero-order chi connectivity index (χ0) is 16.8. The Kier molecular flexibility index (Phi) is 13.9. The van der Waals surface area contributed by atoms with Gasteiger partial charge in [-0.25, -0.2) is 0 Å². The standard InChI is InChI=1S/C14H28N2O4S2/c1-3-5-7-19-13(17)11(15)9-21-22-10-12(16)14(18)20-8-6-4-2/h11-12H,3-10,15-16H2,1-2H3/t11-,12?/m0/s1. The molecule has 0 rings (SSSR count). The molecule has 0 saturated heterocycles. The Morgan fingerprint density at radius 1 is 0.864 bits per heavy atom. The lowest BCUT2D eigenvalue weighted by molar-refractivity contribution is -0.145. The molecular formula is C14H28N2O4S2. The van der Waals surface area contributed by atoms with Gasteiger partial charge in [-0.15, -0.1) is 0 Å². The molecule has 0 saturated carbocycles. The molecule has 0 radical (unpaired) electrons. The molecule has 2 atom stereocenters. The third kappa shape index (κ3) is 11.2. The first-order valence-corrected chi connectivity index (χ1v) is 10.1. The van der Waals surface area contributed by atoms with Gasteiger partial charge in [-0.2, -0.15) is 0 Å². The third-order valence-electron chi connectivity index (χ3n) is 2.67. The van der Waals surface area contributed by atoms with Crippen LogP contribution in [0, 0.1) is 0 Å².